The van der Waals surface area contributed by atoms with E-state index >= 15 is 0 Å². The van der Waals surface area contributed by atoms with Crippen molar-refractivity contribution in [3.8, 4) is 0 Å². The number of esters is 2. The lowest BCUT2D eigenvalue weighted by Crippen LogP contribution is -2.65. The lowest BCUT2D eigenvalue weighted by molar-refractivity contribution is -0.223. The van der Waals surface area contributed by atoms with Crippen molar-refractivity contribution in [2.45, 2.75) is 36.6 Å². The zero-order chi connectivity index (χ0) is 20.3. The van der Waals surface area contributed by atoms with Crippen LogP contribution in [0.2, 0.25) is 0 Å². The van der Waals surface area contributed by atoms with Crippen molar-refractivity contribution in [2.75, 3.05) is 0 Å². The molecule has 0 amide bonds. The molecule has 4 N–H and O–H groups in total. The Morgan fingerprint density at radius 1 is 0.571 bits per heavy atom. The molecule has 0 heterocycles. The predicted octanol–water partition coefficient (Wildman–Crippen LogP) is -0.105. The van der Waals surface area contributed by atoms with Crippen LogP contribution in [0.15, 0.2) is 60.7 Å². The Morgan fingerprint density at radius 2 is 0.893 bits per heavy atom. The second kappa shape index (κ2) is 8.49. The third kappa shape index (κ3) is 4.05. The SMILES string of the molecule is O=C(O[C@@H]1[C@H](O)[C@H](O)[C@@H](O)[C@H](O)[C@H]1OC(=O)c1ccccc1)c1ccccc1. The highest BCUT2D eigenvalue weighted by Gasteiger charge is 2.53. The average Bonchev–Trinajstić information content (AvgIpc) is 2.74. The van der Waals surface area contributed by atoms with Gasteiger partial charge in [-0.3, -0.25) is 0 Å². The fraction of sp³-hybridized carbons (Fsp3) is 0.300. The van der Waals surface area contributed by atoms with Gasteiger partial charge in [-0.1, -0.05) is 36.4 Å². The summed E-state index contributed by atoms with van der Waals surface area (Å²) in [6.07, 6.45) is -10.3. The molecule has 2 aromatic rings. The summed E-state index contributed by atoms with van der Waals surface area (Å²) in [7, 11) is 0. The van der Waals surface area contributed by atoms with E-state index in [0.717, 1.165) is 0 Å². The van der Waals surface area contributed by atoms with Gasteiger partial charge < -0.3 is 29.9 Å². The highest BCUT2D eigenvalue weighted by Crippen LogP contribution is 2.28. The Bertz CT molecular complexity index is 740. The second-order valence-corrected chi connectivity index (χ2v) is 6.43. The van der Waals surface area contributed by atoms with Gasteiger partial charge in [0.25, 0.3) is 0 Å². The summed E-state index contributed by atoms with van der Waals surface area (Å²) in [4.78, 5) is 24.7. The average molecular weight is 388 g/mol. The van der Waals surface area contributed by atoms with Crippen molar-refractivity contribution in [3.05, 3.63) is 71.8 Å². The number of hydrogen-bond donors (Lipinski definition) is 4. The smallest absolute Gasteiger partial charge is 0.338 e. The predicted molar refractivity (Wildman–Crippen MR) is 95.3 cm³/mol. The summed E-state index contributed by atoms with van der Waals surface area (Å²) < 4.78 is 10.5. The second-order valence-electron chi connectivity index (χ2n) is 6.43. The number of rotatable bonds is 4. The van der Waals surface area contributed by atoms with E-state index in [1.807, 2.05) is 0 Å². The molecule has 8 nitrogen and oxygen atoms in total. The van der Waals surface area contributed by atoms with Gasteiger partial charge in [-0.2, -0.15) is 0 Å². The minimum Gasteiger partial charge on any atom is -0.452 e. The molecular weight excluding hydrogens is 368 g/mol. The first-order valence-electron chi connectivity index (χ1n) is 8.64. The van der Waals surface area contributed by atoms with E-state index in [4.69, 9.17) is 9.47 Å². The summed E-state index contributed by atoms with van der Waals surface area (Å²) >= 11 is 0. The maximum Gasteiger partial charge on any atom is 0.338 e. The zero-order valence-corrected chi connectivity index (χ0v) is 14.7. The number of aliphatic hydroxyl groups is 4. The normalized spacial score (nSPS) is 29.7. The van der Waals surface area contributed by atoms with Gasteiger partial charge in [0.1, 0.15) is 24.4 Å². The Hall–Kier alpha value is -2.78. The van der Waals surface area contributed by atoms with E-state index in [2.05, 4.69) is 0 Å². The third-order valence-corrected chi connectivity index (χ3v) is 4.55. The molecule has 0 aliphatic heterocycles. The van der Waals surface area contributed by atoms with Crippen LogP contribution in [0.1, 0.15) is 20.7 Å². The van der Waals surface area contributed by atoms with E-state index in [1.165, 1.54) is 24.3 Å². The number of carbonyl (C=O) groups is 2. The van der Waals surface area contributed by atoms with Gasteiger partial charge in [-0.25, -0.2) is 9.59 Å². The minimum atomic E-state index is -1.80. The molecule has 28 heavy (non-hydrogen) atoms. The van der Waals surface area contributed by atoms with Crippen molar-refractivity contribution in [1.82, 2.24) is 0 Å². The van der Waals surface area contributed by atoms with Crippen molar-refractivity contribution in [3.63, 3.8) is 0 Å². The number of carbonyl (C=O) groups excluding carboxylic acids is 2. The molecule has 3 rings (SSSR count). The van der Waals surface area contributed by atoms with E-state index < -0.39 is 48.6 Å². The van der Waals surface area contributed by atoms with E-state index in [9.17, 15) is 30.0 Å². The summed E-state index contributed by atoms with van der Waals surface area (Å²) in [6, 6.07) is 15.7. The van der Waals surface area contributed by atoms with E-state index in [1.54, 1.807) is 36.4 Å². The minimum absolute atomic E-state index is 0.165. The van der Waals surface area contributed by atoms with Crippen molar-refractivity contribution in [1.29, 1.82) is 0 Å². The lowest BCUT2D eigenvalue weighted by atomic mass is 9.84. The van der Waals surface area contributed by atoms with Gasteiger partial charge in [0.2, 0.25) is 0 Å². The quantitative estimate of drug-likeness (QED) is 0.534. The fourth-order valence-electron chi connectivity index (χ4n) is 2.99. The van der Waals surface area contributed by atoms with Gasteiger partial charge in [0, 0.05) is 0 Å². The maximum atomic E-state index is 12.4. The summed E-state index contributed by atoms with van der Waals surface area (Å²) in [6.45, 7) is 0. The zero-order valence-electron chi connectivity index (χ0n) is 14.7. The molecule has 1 saturated carbocycles. The first-order chi connectivity index (χ1) is 13.4. The maximum absolute atomic E-state index is 12.4. The number of benzene rings is 2. The molecule has 6 atom stereocenters. The summed E-state index contributed by atoms with van der Waals surface area (Å²) in [5.41, 5.74) is 0.330. The fourth-order valence-corrected chi connectivity index (χ4v) is 2.99. The molecule has 0 spiro atoms. The molecule has 0 radical (unpaired) electrons. The van der Waals surface area contributed by atoms with E-state index in [-0.39, 0.29) is 11.1 Å². The summed E-state index contributed by atoms with van der Waals surface area (Å²) in [5, 5.41) is 40.5. The Kier molecular flexibility index (Phi) is 6.05. The highest BCUT2D eigenvalue weighted by molar-refractivity contribution is 5.90. The van der Waals surface area contributed by atoms with Crippen LogP contribution in [0.5, 0.6) is 0 Å². The molecule has 0 aromatic heterocycles. The third-order valence-electron chi connectivity index (χ3n) is 4.55. The van der Waals surface area contributed by atoms with Crippen LogP contribution in [-0.4, -0.2) is 69.0 Å². The molecule has 0 bridgehead atoms. The number of ether oxygens (including phenoxy) is 2. The Labute approximate surface area is 160 Å². The number of aliphatic hydroxyl groups excluding tert-OH is 4. The molecular formula is C20H20O8. The first kappa shape index (κ1) is 20.0. The van der Waals surface area contributed by atoms with Gasteiger partial charge in [0.15, 0.2) is 12.2 Å². The van der Waals surface area contributed by atoms with Crippen LogP contribution in [0.3, 0.4) is 0 Å². The first-order valence-corrected chi connectivity index (χ1v) is 8.64. The monoisotopic (exact) mass is 388 g/mol. The van der Waals surface area contributed by atoms with Gasteiger partial charge in [0.05, 0.1) is 11.1 Å². The van der Waals surface area contributed by atoms with Crippen LogP contribution in [0.4, 0.5) is 0 Å². The topological polar surface area (TPSA) is 134 Å². The molecule has 1 aliphatic carbocycles. The number of hydrogen-bond acceptors (Lipinski definition) is 8. The van der Waals surface area contributed by atoms with E-state index in [0.29, 0.717) is 0 Å². The van der Waals surface area contributed by atoms with Gasteiger partial charge in [-0.15, -0.1) is 0 Å². The highest BCUT2D eigenvalue weighted by atomic mass is 16.6. The Balaban J connectivity index is 1.84. The largest absolute Gasteiger partial charge is 0.452 e. The molecule has 8 heteroatoms. The lowest BCUT2D eigenvalue weighted by Gasteiger charge is -2.42. The van der Waals surface area contributed by atoms with Crippen LogP contribution in [0, 0.1) is 0 Å². The standard InChI is InChI=1S/C20H20O8/c21-13-14(22)16(24)18(28-20(26)12-9-5-2-6-10-12)17(15(13)23)27-19(25)11-7-3-1-4-8-11/h1-10,13-18,21-24H/t13-,14-,15-,16+,17-,18-/m1/s1. The van der Waals surface area contributed by atoms with Crippen LogP contribution >= 0.6 is 0 Å². The van der Waals surface area contributed by atoms with Gasteiger partial charge in [-0.05, 0) is 24.3 Å². The molecule has 2 aromatic carbocycles. The molecule has 1 fully saturated rings. The molecule has 0 unspecified atom stereocenters. The van der Waals surface area contributed by atoms with Crippen LogP contribution < -0.4 is 0 Å². The van der Waals surface area contributed by atoms with Crippen molar-refractivity contribution >= 4 is 11.9 Å². The molecule has 0 saturated heterocycles. The Morgan fingerprint density at radius 3 is 1.21 bits per heavy atom. The molecule has 148 valence electrons. The van der Waals surface area contributed by atoms with Crippen molar-refractivity contribution < 1.29 is 39.5 Å². The van der Waals surface area contributed by atoms with Crippen LogP contribution in [0.25, 0.3) is 0 Å². The molecule has 1 aliphatic rings. The van der Waals surface area contributed by atoms with Crippen molar-refractivity contribution in [2.24, 2.45) is 0 Å². The summed E-state index contributed by atoms with van der Waals surface area (Å²) in [5.74, 6) is -1.69. The van der Waals surface area contributed by atoms with Gasteiger partial charge >= 0.3 is 11.9 Å². The van der Waals surface area contributed by atoms with Crippen LogP contribution in [-0.2, 0) is 9.47 Å².